The highest BCUT2D eigenvalue weighted by Crippen LogP contribution is 2.33. The van der Waals surface area contributed by atoms with Crippen LogP contribution in [0.15, 0.2) is 30.3 Å². The molecule has 1 fully saturated rings. The van der Waals surface area contributed by atoms with Crippen LogP contribution >= 0.6 is 0 Å². The maximum absolute atomic E-state index is 12.6. The van der Waals surface area contributed by atoms with Gasteiger partial charge >= 0.3 is 0 Å². The van der Waals surface area contributed by atoms with Gasteiger partial charge in [-0.15, -0.1) is 0 Å². The molecule has 122 valence electrons. The smallest absolute Gasteiger partial charge is 0.222 e. The van der Waals surface area contributed by atoms with Gasteiger partial charge in [-0.2, -0.15) is 0 Å². The van der Waals surface area contributed by atoms with Crippen LogP contribution in [0.25, 0.3) is 0 Å². The molecule has 0 bridgehead atoms. The Morgan fingerprint density at radius 1 is 1.27 bits per heavy atom. The number of nitrogens with zero attached hydrogens (tertiary/aromatic N) is 1. The highest BCUT2D eigenvalue weighted by Gasteiger charge is 2.35. The van der Waals surface area contributed by atoms with Crippen LogP contribution in [-0.2, 0) is 4.79 Å². The molecule has 0 aliphatic carbocycles. The van der Waals surface area contributed by atoms with Gasteiger partial charge in [0.25, 0.3) is 0 Å². The maximum Gasteiger partial charge on any atom is 0.222 e. The lowest BCUT2D eigenvalue weighted by Gasteiger charge is -2.23. The van der Waals surface area contributed by atoms with Crippen molar-refractivity contribution in [2.45, 2.75) is 39.5 Å². The lowest BCUT2D eigenvalue weighted by molar-refractivity contribution is -0.131. The van der Waals surface area contributed by atoms with Crippen molar-refractivity contribution in [3.63, 3.8) is 0 Å². The lowest BCUT2D eigenvalue weighted by atomic mass is 9.89. The number of rotatable bonds is 6. The van der Waals surface area contributed by atoms with Gasteiger partial charge in [0.15, 0.2) is 0 Å². The number of hydrogen-bond donors (Lipinski definition) is 1. The van der Waals surface area contributed by atoms with Crippen molar-refractivity contribution >= 4 is 5.91 Å². The van der Waals surface area contributed by atoms with E-state index in [9.17, 15) is 4.79 Å². The molecule has 3 heteroatoms. The first-order valence-electron chi connectivity index (χ1n) is 8.59. The molecule has 0 aromatic heterocycles. The molecule has 1 aliphatic rings. The van der Waals surface area contributed by atoms with Gasteiger partial charge in [-0.25, -0.2) is 0 Å². The van der Waals surface area contributed by atoms with E-state index in [1.54, 1.807) is 0 Å². The van der Waals surface area contributed by atoms with Crippen LogP contribution in [0.2, 0.25) is 0 Å². The lowest BCUT2D eigenvalue weighted by Crippen LogP contribution is -2.32. The molecule has 1 aromatic rings. The Kier molecular flexibility index (Phi) is 6.01. The molecule has 0 spiro atoms. The Balaban J connectivity index is 2.04. The van der Waals surface area contributed by atoms with Gasteiger partial charge in [0.05, 0.1) is 0 Å². The molecule has 1 unspecified atom stereocenters. The van der Waals surface area contributed by atoms with E-state index in [-0.39, 0.29) is 0 Å². The minimum Gasteiger partial charge on any atom is -0.342 e. The van der Waals surface area contributed by atoms with Crippen LogP contribution in [0, 0.1) is 17.8 Å². The number of amides is 1. The summed E-state index contributed by atoms with van der Waals surface area (Å²) in [6, 6.07) is 10.5. The second-order valence-corrected chi connectivity index (χ2v) is 6.93. The van der Waals surface area contributed by atoms with E-state index >= 15 is 0 Å². The molecule has 1 aromatic carbocycles. The molecule has 1 saturated heterocycles. The number of nitrogens with two attached hydrogens (primary N) is 1. The second kappa shape index (κ2) is 7.77. The van der Waals surface area contributed by atoms with Crippen molar-refractivity contribution in [2.24, 2.45) is 23.5 Å². The zero-order chi connectivity index (χ0) is 16.1. The van der Waals surface area contributed by atoms with Crippen molar-refractivity contribution < 1.29 is 4.79 Å². The first-order chi connectivity index (χ1) is 10.6. The van der Waals surface area contributed by atoms with E-state index in [1.807, 2.05) is 11.0 Å². The van der Waals surface area contributed by atoms with E-state index in [0.717, 1.165) is 19.5 Å². The molecule has 1 heterocycles. The van der Waals surface area contributed by atoms with Gasteiger partial charge in [-0.1, -0.05) is 57.5 Å². The van der Waals surface area contributed by atoms with Gasteiger partial charge < -0.3 is 10.6 Å². The fourth-order valence-corrected chi connectivity index (χ4v) is 3.60. The van der Waals surface area contributed by atoms with E-state index < -0.39 is 0 Å². The molecule has 1 amide bonds. The first-order valence-corrected chi connectivity index (χ1v) is 8.59. The number of hydrogen-bond acceptors (Lipinski definition) is 2. The fourth-order valence-electron chi connectivity index (χ4n) is 3.60. The molecule has 0 radical (unpaired) electrons. The number of benzene rings is 1. The maximum atomic E-state index is 12.6. The Morgan fingerprint density at radius 2 is 1.95 bits per heavy atom. The third kappa shape index (κ3) is 3.89. The van der Waals surface area contributed by atoms with Crippen molar-refractivity contribution in [1.82, 2.24) is 4.90 Å². The van der Waals surface area contributed by atoms with Crippen LogP contribution in [0.4, 0.5) is 0 Å². The average molecular weight is 302 g/mol. The summed E-state index contributed by atoms with van der Waals surface area (Å²) in [5.41, 5.74) is 7.27. The molecule has 22 heavy (non-hydrogen) atoms. The van der Waals surface area contributed by atoms with E-state index in [1.165, 1.54) is 5.56 Å². The summed E-state index contributed by atoms with van der Waals surface area (Å²) in [6.07, 6.45) is 1.74. The first kappa shape index (κ1) is 17.0. The highest BCUT2D eigenvalue weighted by molar-refractivity contribution is 5.77. The second-order valence-electron chi connectivity index (χ2n) is 6.93. The molecule has 3 atom stereocenters. The van der Waals surface area contributed by atoms with Gasteiger partial charge in [-0.3, -0.25) is 4.79 Å². The van der Waals surface area contributed by atoms with Gasteiger partial charge in [0, 0.05) is 25.4 Å². The topological polar surface area (TPSA) is 46.3 Å². The van der Waals surface area contributed by atoms with Crippen LogP contribution in [0.1, 0.15) is 45.1 Å². The zero-order valence-electron chi connectivity index (χ0n) is 14.2. The summed E-state index contributed by atoms with van der Waals surface area (Å²) in [5.74, 6) is 2.11. The van der Waals surface area contributed by atoms with Crippen LogP contribution < -0.4 is 5.73 Å². The standard InChI is InChI=1S/C19H30N2O/c1-4-15(14(2)3)10-19(22)21-12-17(11-20)18(13-21)16-8-6-5-7-9-16/h5-9,14-15,17-18H,4,10-13,20H2,1-3H3/t15?,17-,18+/m1/s1. The quantitative estimate of drug-likeness (QED) is 0.876. The summed E-state index contributed by atoms with van der Waals surface area (Å²) in [4.78, 5) is 14.7. The van der Waals surface area contributed by atoms with Crippen LogP contribution in [0.3, 0.4) is 0 Å². The number of carbonyl (C=O) groups is 1. The average Bonchev–Trinajstić information content (AvgIpc) is 2.97. The van der Waals surface area contributed by atoms with Crippen LogP contribution in [0.5, 0.6) is 0 Å². The fraction of sp³-hybridized carbons (Fsp3) is 0.632. The third-order valence-corrected chi connectivity index (χ3v) is 5.23. The molecular weight excluding hydrogens is 272 g/mol. The molecule has 2 rings (SSSR count). The Labute approximate surface area is 134 Å². The summed E-state index contributed by atoms with van der Waals surface area (Å²) in [5, 5.41) is 0. The Hall–Kier alpha value is -1.35. The normalized spacial score (nSPS) is 23.0. The zero-order valence-corrected chi connectivity index (χ0v) is 14.2. The Morgan fingerprint density at radius 3 is 2.50 bits per heavy atom. The molecular formula is C19H30N2O. The van der Waals surface area contributed by atoms with Gasteiger partial charge in [0.2, 0.25) is 5.91 Å². The summed E-state index contributed by atoms with van der Waals surface area (Å²) in [7, 11) is 0. The van der Waals surface area contributed by atoms with E-state index in [2.05, 4.69) is 45.0 Å². The summed E-state index contributed by atoms with van der Waals surface area (Å²) >= 11 is 0. The monoisotopic (exact) mass is 302 g/mol. The molecule has 2 N–H and O–H groups in total. The Bertz CT molecular complexity index is 472. The molecule has 3 nitrogen and oxygen atoms in total. The van der Waals surface area contributed by atoms with E-state index in [4.69, 9.17) is 5.73 Å². The highest BCUT2D eigenvalue weighted by atomic mass is 16.2. The molecule has 0 saturated carbocycles. The minimum absolute atomic E-state index is 0.303. The van der Waals surface area contributed by atoms with E-state index in [0.29, 0.717) is 42.5 Å². The third-order valence-electron chi connectivity index (χ3n) is 5.23. The SMILES string of the molecule is CCC(CC(=O)N1C[C@@H](CN)[C@H](c2ccccc2)C1)C(C)C. The summed E-state index contributed by atoms with van der Waals surface area (Å²) in [6.45, 7) is 8.87. The number of carbonyl (C=O) groups excluding carboxylic acids is 1. The van der Waals surface area contributed by atoms with Gasteiger partial charge in [-0.05, 0) is 29.9 Å². The van der Waals surface area contributed by atoms with Crippen LogP contribution in [-0.4, -0.2) is 30.4 Å². The largest absolute Gasteiger partial charge is 0.342 e. The van der Waals surface area contributed by atoms with Crippen molar-refractivity contribution in [3.8, 4) is 0 Å². The van der Waals surface area contributed by atoms with Crippen molar-refractivity contribution in [1.29, 1.82) is 0 Å². The van der Waals surface area contributed by atoms with Gasteiger partial charge in [0.1, 0.15) is 0 Å². The minimum atomic E-state index is 0.303. The van der Waals surface area contributed by atoms with Crippen molar-refractivity contribution in [3.05, 3.63) is 35.9 Å². The molecule has 1 aliphatic heterocycles. The predicted octanol–water partition coefficient (Wildman–Crippen LogP) is 3.26. The number of likely N-dealkylation sites (tertiary alicyclic amines) is 1. The predicted molar refractivity (Wildman–Crippen MR) is 91.5 cm³/mol. The summed E-state index contributed by atoms with van der Waals surface area (Å²) < 4.78 is 0. The van der Waals surface area contributed by atoms with Crippen molar-refractivity contribution in [2.75, 3.05) is 19.6 Å².